The van der Waals surface area contributed by atoms with E-state index in [1.165, 1.54) is 0 Å². The average molecular weight is 395 g/mol. The Kier molecular flexibility index (Phi) is 5.58. The Hall–Kier alpha value is -3.52. The van der Waals surface area contributed by atoms with Crippen molar-refractivity contribution >= 4 is 21.5 Å². The first-order chi connectivity index (χ1) is 14.5. The van der Waals surface area contributed by atoms with Gasteiger partial charge >= 0.3 is 0 Å². The van der Waals surface area contributed by atoms with E-state index in [1.807, 2.05) is 26.0 Å². The third-order valence-corrected chi connectivity index (χ3v) is 4.98. The number of ether oxygens (including phenoxy) is 2. The zero-order valence-electron chi connectivity index (χ0n) is 17.6. The fourth-order valence-electron chi connectivity index (χ4n) is 3.66. The smallest absolute Gasteiger partial charge is 0.128 e. The van der Waals surface area contributed by atoms with Gasteiger partial charge in [0.05, 0.1) is 0 Å². The van der Waals surface area contributed by atoms with Crippen molar-refractivity contribution in [1.29, 1.82) is 0 Å². The van der Waals surface area contributed by atoms with E-state index in [0.717, 1.165) is 55.3 Å². The number of benzene rings is 4. The third kappa shape index (κ3) is 3.95. The Morgan fingerprint density at radius 3 is 1.40 bits per heavy atom. The van der Waals surface area contributed by atoms with E-state index in [2.05, 4.69) is 73.8 Å². The zero-order chi connectivity index (χ0) is 21.1. The van der Waals surface area contributed by atoms with Crippen LogP contribution in [0, 0.1) is 0 Å². The summed E-state index contributed by atoms with van der Waals surface area (Å²) >= 11 is 0. The van der Waals surface area contributed by atoms with Crippen LogP contribution < -0.4 is 9.47 Å². The van der Waals surface area contributed by atoms with Crippen LogP contribution in [0.25, 0.3) is 32.7 Å². The summed E-state index contributed by atoms with van der Waals surface area (Å²) in [6.45, 7) is 12.9. The van der Waals surface area contributed by atoms with Crippen LogP contribution in [0.3, 0.4) is 0 Å². The van der Waals surface area contributed by atoms with Gasteiger partial charge in [0.15, 0.2) is 0 Å². The highest BCUT2D eigenvalue weighted by atomic mass is 16.5. The quantitative estimate of drug-likeness (QED) is 0.301. The molecule has 4 aromatic rings. The largest absolute Gasteiger partial charge is 0.489 e. The summed E-state index contributed by atoms with van der Waals surface area (Å²) in [6.07, 6.45) is 0. The number of fused-ring (bicyclic) bond motifs is 2. The Labute approximate surface area is 178 Å². The standard InChI is InChI=1S/C28H26O2/c1-19(2)17-29-25-15-13-21-9-5-7-11-23(21)27(25)28-24-12-8-6-10-22(24)14-16-26(28)30-18-20(3)4/h5-16H,1,3,17-18H2,2,4H3. The minimum absolute atomic E-state index is 0.470. The van der Waals surface area contributed by atoms with Crippen molar-refractivity contribution in [2.45, 2.75) is 13.8 Å². The summed E-state index contributed by atoms with van der Waals surface area (Å²) in [5.41, 5.74) is 4.04. The molecule has 0 aliphatic rings. The van der Waals surface area contributed by atoms with Crippen molar-refractivity contribution in [2.24, 2.45) is 0 Å². The zero-order valence-corrected chi connectivity index (χ0v) is 17.6. The molecule has 0 radical (unpaired) electrons. The van der Waals surface area contributed by atoms with E-state index in [9.17, 15) is 0 Å². The molecule has 0 heterocycles. The normalized spacial score (nSPS) is 10.9. The maximum absolute atomic E-state index is 6.22. The first-order valence-corrected chi connectivity index (χ1v) is 10.1. The predicted molar refractivity (Wildman–Crippen MR) is 128 cm³/mol. The molecular formula is C28H26O2. The van der Waals surface area contributed by atoms with Crippen molar-refractivity contribution in [2.75, 3.05) is 13.2 Å². The summed E-state index contributed by atoms with van der Waals surface area (Å²) in [7, 11) is 0. The van der Waals surface area contributed by atoms with Crippen LogP contribution in [0.5, 0.6) is 11.5 Å². The number of hydrogen-bond acceptors (Lipinski definition) is 2. The second-order valence-electron chi connectivity index (χ2n) is 7.81. The van der Waals surface area contributed by atoms with Crippen molar-refractivity contribution in [3.8, 4) is 22.6 Å². The van der Waals surface area contributed by atoms with E-state index in [-0.39, 0.29) is 0 Å². The van der Waals surface area contributed by atoms with Gasteiger partial charge in [-0.3, -0.25) is 0 Å². The summed E-state index contributed by atoms with van der Waals surface area (Å²) in [5.74, 6) is 1.65. The van der Waals surface area contributed by atoms with Gasteiger partial charge in [0.2, 0.25) is 0 Å². The molecule has 150 valence electrons. The molecule has 4 aromatic carbocycles. The molecule has 0 fully saturated rings. The maximum Gasteiger partial charge on any atom is 0.128 e. The maximum atomic E-state index is 6.22. The first-order valence-electron chi connectivity index (χ1n) is 10.1. The Balaban J connectivity index is 2.05. The van der Waals surface area contributed by atoms with Crippen molar-refractivity contribution in [3.63, 3.8) is 0 Å². The highest BCUT2D eigenvalue weighted by Gasteiger charge is 2.19. The molecule has 0 amide bonds. The highest BCUT2D eigenvalue weighted by Crippen LogP contribution is 2.45. The van der Waals surface area contributed by atoms with Gasteiger partial charge in [-0.2, -0.15) is 0 Å². The molecular weight excluding hydrogens is 368 g/mol. The summed E-state index contributed by atoms with van der Waals surface area (Å²) < 4.78 is 12.4. The molecule has 0 spiro atoms. The fourth-order valence-corrected chi connectivity index (χ4v) is 3.66. The van der Waals surface area contributed by atoms with Crippen LogP contribution in [-0.2, 0) is 0 Å². The highest BCUT2D eigenvalue weighted by molar-refractivity contribution is 6.09. The van der Waals surface area contributed by atoms with Gasteiger partial charge < -0.3 is 9.47 Å². The topological polar surface area (TPSA) is 18.5 Å². The second-order valence-corrected chi connectivity index (χ2v) is 7.81. The van der Waals surface area contributed by atoms with Crippen LogP contribution in [-0.4, -0.2) is 13.2 Å². The predicted octanol–water partition coefficient (Wildman–Crippen LogP) is 7.57. The lowest BCUT2D eigenvalue weighted by Gasteiger charge is -2.20. The molecule has 0 aliphatic heterocycles. The van der Waals surface area contributed by atoms with Crippen LogP contribution in [0.15, 0.2) is 97.1 Å². The molecule has 0 bridgehead atoms. The van der Waals surface area contributed by atoms with Gasteiger partial charge in [-0.25, -0.2) is 0 Å². The Morgan fingerprint density at radius 2 is 1.00 bits per heavy atom. The summed E-state index contributed by atoms with van der Waals surface area (Å²) in [4.78, 5) is 0. The summed E-state index contributed by atoms with van der Waals surface area (Å²) in [6, 6.07) is 25.1. The molecule has 0 aromatic heterocycles. The molecule has 30 heavy (non-hydrogen) atoms. The van der Waals surface area contributed by atoms with E-state index in [4.69, 9.17) is 9.47 Å². The molecule has 0 saturated carbocycles. The minimum Gasteiger partial charge on any atom is -0.489 e. The SMILES string of the molecule is C=C(C)COc1ccc2ccccc2c1-c1c(OCC(=C)C)ccc2ccccc12. The minimum atomic E-state index is 0.470. The van der Waals surface area contributed by atoms with E-state index >= 15 is 0 Å². The lowest BCUT2D eigenvalue weighted by Crippen LogP contribution is -2.03. The Morgan fingerprint density at radius 1 is 0.600 bits per heavy atom. The second kappa shape index (κ2) is 8.46. The van der Waals surface area contributed by atoms with Gasteiger partial charge in [-0.15, -0.1) is 0 Å². The lowest BCUT2D eigenvalue weighted by atomic mass is 9.92. The third-order valence-electron chi connectivity index (χ3n) is 4.98. The van der Waals surface area contributed by atoms with Crippen LogP contribution >= 0.6 is 0 Å². The van der Waals surface area contributed by atoms with Crippen molar-refractivity contribution in [1.82, 2.24) is 0 Å². The molecule has 0 unspecified atom stereocenters. The fraction of sp³-hybridized carbons (Fsp3) is 0.143. The van der Waals surface area contributed by atoms with Crippen LogP contribution in [0.2, 0.25) is 0 Å². The molecule has 0 atom stereocenters. The first kappa shape index (κ1) is 19.8. The molecule has 4 rings (SSSR count). The van der Waals surface area contributed by atoms with Gasteiger partial charge in [0.25, 0.3) is 0 Å². The van der Waals surface area contributed by atoms with Gasteiger partial charge in [0, 0.05) is 11.1 Å². The molecule has 2 heteroatoms. The molecule has 2 nitrogen and oxygen atoms in total. The monoisotopic (exact) mass is 394 g/mol. The van der Waals surface area contributed by atoms with Crippen molar-refractivity contribution < 1.29 is 9.47 Å². The van der Waals surface area contributed by atoms with Gasteiger partial charge in [-0.05, 0) is 58.7 Å². The van der Waals surface area contributed by atoms with Crippen LogP contribution in [0.4, 0.5) is 0 Å². The molecule has 0 aliphatic carbocycles. The van der Waals surface area contributed by atoms with Gasteiger partial charge in [-0.1, -0.05) is 73.8 Å². The van der Waals surface area contributed by atoms with Crippen LogP contribution in [0.1, 0.15) is 13.8 Å². The summed E-state index contributed by atoms with van der Waals surface area (Å²) in [5, 5.41) is 4.59. The average Bonchev–Trinajstić information content (AvgIpc) is 2.75. The Bertz CT molecular complexity index is 1150. The number of rotatable bonds is 7. The lowest BCUT2D eigenvalue weighted by molar-refractivity contribution is 0.349. The van der Waals surface area contributed by atoms with E-state index < -0.39 is 0 Å². The van der Waals surface area contributed by atoms with E-state index in [0.29, 0.717) is 13.2 Å². The van der Waals surface area contributed by atoms with Crippen molar-refractivity contribution in [3.05, 3.63) is 97.1 Å². The van der Waals surface area contributed by atoms with Gasteiger partial charge in [0.1, 0.15) is 24.7 Å². The molecule has 0 saturated heterocycles. The van der Waals surface area contributed by atoms with E-state index in [1.54, 1.807) is 0 Å². The number of hydrogen-bond donors (Lipinski definition) is 0. The molecule has 0 N–H and O–H groups in total.